The lowest BCUT2D eigenvalue weighted by molar-refractivity contribution is 0.496. The van der Waals surface area contributed by atoms with Crippen LogP contribution in [0, 0.1) is 22.1 Å². The van der Waals surface area contributed by atoms with Gasteiger partial charge in [-0.3, -0.25) is 0 Å². The maximum atomic E-state index is 13.4. The van der Waals surface area contributed by atoms with Crippen molar-refractivity contribution in [1.82, 2.24) is 9.97 Å². The molecule has 0 saturated carbocycles. The number of aromatic amines is 1. The van der Waals surface area contributed by atoms with Crippen molar-refractivity contribution < 1.29 is 13.2 Å². The molecule has 2 rings (SSSR count). The SMILES string of the molecule is Fc1cc(F)c(-c2cnc[nH]c2=S)cc1F. The maximum Gasteiger partial charge on any atom is 0.161 e. The predicted octanol–water partition coefficient (Wildman–Crippen LogP) is 3.22. The highest BCUT2D eigenvalue weighted by Gasteiger charge is 2.12. The normalized spacial score (nSPS) is 10.4. The summed E-state index contributed by atoms with van der Waals surface area (Å²) in [5.41, 5.74) is 0.0992. The van der Waals surface area contributed by atoms with Crippen LogP contribution in [0.3, 0.4) is 0 Å². The van der Waals surface area contributed by atoms with E-state index in [9.17, 15) is 13.2 Å². The first-order chi connectivity index (χ1) is 7.59. The minimum absolute atomic E-state index is 0.117. The molecule has 16 heavy (non-hydrogen) atoms. The molecular formula is C10H5F3N2S. The van der Waals surface area contributed by atoms with E-state index < -0.39 is 17.5 Å². The number of nitrogens with one attached hydrogen (secondary N) is 1. The molecule has 0 amide bonds. The standard InChI is InChI=1S/C10H5F3N2S/c11-7-2-9(13)8(12)1-5(7)6-3-14-4-15-10(6)16/h1-4H,(H,14,15,16). The lowest BCUT2D eigenvalue weighted by Gasteiger charge is -2.03. The Morgan fingerprint density at radius 3 is 2.38 bits per heavy atom. The summed E-state index contributed by atoms with van der Waals surface area (Å²) in [5, 5.41) is 0. The van der Waals surface area contributed by atoms with Gasteiger partial charge in [0.25, 0.3) is 0 Å². The summed E-state index contributed by atoms with van der Waals surface area (Å²) in [6.45, 7) is 0. The van der Waals surface area contributed by atoms with Crippen LogP contribution in [0.4, 0.5) is 13.2 Å². The molecule has 2 nitrogen and oxygen atoms in total. The van der Waals surface area contributed by atoms with E-state index in [0.717, 1.165) is 6.07 Å². The van der Waals surface area contributed by atoms with Gasteiger partial charge in [0.15, 0.2) is 11.6 Å². The van der Waals surface area contributed by atoms with Gasteiger partial charge in [0.1, 0.15) is 10.5 Å². The Labute approximate surface area is 93.8 Å². The van der Waals surface area contributed by atoms with Crippen LogP contribution < -0.4 is 0 Å². The number of hydrogen-bond donors (Lipinski definition) is 1. The van der Waals surface area contributed by atoms with Crippen molar-refractivity contribution in [3.05, 3.63) is 46.7 Å². The lowest BCUT2D eigenvalue weighted by Crippen LogP contribution is -1.93. The maximum absolute atomic E-state index is 13.4. The van der Waals surface area contributed by atoms with Gasteiger partial charge in [-0.25, -0.2) is 18.2 Å². The fourth-order valence-electron chi connectivity index (χ4n) is 1.26. The summed E-state index contributed by atoms with van der Waals surface area (Å²) in [7, 11) is 0. The van der Waals surface area contributed by atoms with E-state index in [4.69, 9.17) is 12.2 Å². The average Bonchev–Trinajstić information content (AvgIpc) is 2.25. The van der Waals surface area contributed by atoms with Gasteiger partial charge in [0.2, 0.25) is 0 Å². The van der Waals surface area contributed by atoms with Crippen molar-refractivity contribution in [3.8, 4) is 11.1 Å². The van der Waals surface area contributed by atoms with Gasteiger partial charge in [-0.15, -0.1) is 0 Å². The van der Waals surface area contributed by atoms with E-state index >= 15 is 0 Å². The fourth-order valence-corrected chi connectivity index (χ4v) is 1.48. The summed E-state index contributed by atoms with van der Waals surface area (Å²) in [6.07, 6.45) is 2.61. The molecule has 0 spiro atoms. The zero-order chi connectivity index (χ0) is 11.7. The Morgan fingerprint density at radius 1 is 1.00 bits per heavy atom. The number of hydrogen-bond acceptors (Lipinski definition) is 2. The van der Waals surface area contributed by atoms with Gasteiger partial charge in [-0.05, 0) is 6.07 Å². The number of H-pyrrole nitrogens is 1. The monoisotopic (exact) mass is 242 g/mol. The molecule has 0 saturated heterocycles. The van der Waals surface area contributed by atoms with E-state index in [-0.39, 0.29) is 15.8 Å². The van der Waals surface area contributed by atoms with Crippen LogP contribution in [0.5, 0.6) is 0 Å². The second-order valence-electron chi connectivity index (χ2n) is 3.04. The third-order valence-corrected chi connectivity index (χ3v) is 2.36. The number of halogens is 3. The third kappa shape index (κ3) is 1.83. The second kappa shape index (κ2) is 4.05. The van der Waals surface area contributed by atoms with Crippen LogP contribution in [-0.2, 0) is 0 Å². The van der Waals surface area contributed by atoms with Crippen LogP contribution in [0.15, 0.2) is 24.7 Å². The quantitative estimate of drug-likeness (QED) is 0.614. The summed E-state index contributed by atoms with van der Waals surface area (Å²) in [6, 6.07) is 1.23. The Hall–Kier alpha value is -1.69. The molecule has 1 aromatic heterocycles. The summed E-state index contributed by atoms with van der Waals surface area (Å²) in [5.74, 6) is -3.25. The molecule has 0 aliphatic rings. The predicted molar refractivity (Wildman–Crippen MR) is 54.7 cm³/mol. The Kier molecular flexibility index (Phi) is 2.74. The average molecular weight is 242 g/mol. The van der Waals surface area contributed by atoms with Crippen LogP contribution in [0.1, 0.15) is 0 Å². The van der Waals surface area contributed by atoms with Crippen molar-refractivity contribution in [2.45, 2.75) is 0 Å². The highest BCUT2D eigenvalue weighted by Crippen LogP contribution is 2.24. The fraction of sp³-hybridized carbons (Fsp3) is 0. The molecule has 1 aromatic carbocycles. The van der Waals surface area contributed by atoms with E-state index in [2.05, 4.69) is 9.97 Å². The molecule has 1 heterocycles. The van der Waals surface area contributed by atoms with Gasteiger partial charge < -0.3 is 4.98 Å². The van der Waals surface area contributed by atoms with Gasteiger partial charge in [-0.1, -0.05) is 12.2 Å². The van der Waals surface area contributed by atoms with E-state index in [0.29, 0.717) is 6.07 Å². The minimum atomic E-state index is -1.24. The molecule has 0 unspecified atom stereocenters. The molecule has 0 aliphatic carbocycles. The van der Waals surface area contributed by atoms with Crippen LogP contribution in [-0.4, -0.2) is 9.97 Å². The van der Waals surface area contributed by atoms with Gasteiger partial charge in [0, 0.05) is 23.4 Å². The van der Waals surface area contributed by atoms with Crippen molar-refractivity contribution in [2.75, 3.05) is 0 Å². The van der Waals surface area contributed by atoms with E-state index in [1.54, 1.807) is 0 Å². The molecule has 0 aliphatic heterocycles. The zero-order valence-electron chi connectivity index (χ0n) is 7.80. The molecule has 82 valence electrons. The first kappa shape index (κ1) is 10.8. The Balaban J connectivity index is 2.70. The molecule has 6 heteroatoms. The topological polar surface area (TPSA) is 28.7 Å². The van der Waals surface area contributed by atoms with Crippen LogP contribution >= 0.6 is 12.2 Å². The Morgan fingerprint density at radius 2 is 1.69 bits per heavy atom. The van der Waals surface area contributed by atoms with Gasteiger partial charge in [0.05, 0.1) is 6.33 Å². The van der Waals surface area contributed by atoms with Crippen molar-refractivity contribution in [1.29, 1.82) is 0 Å². The summed E-state index contributed by atoms with van der Waals surface area (Å²) in [4.78, 5) is 6.29. The zero-order valence-corrected chi connectivity index (χ0v) is 8.62. The summed E-state index contributed by atoms with van der Waals surface area (Å²) < 4.78 is 39.3. The lowest BCUT2D eigenvalue weighted by atomic mass is 10.1. The molecule has 0 fully saturated rings. The third-order valence-electron chi connectivity index (χ3n) is 2.02. The van der Waals surface area contributed by atoms with Crippen molar-refractivity contribution >= 4 is 12.2 Å². The molecule has 0 radical (unpaired) electrons. The van der Waals surface area contributed by atoms with Crippen LogP contribution in [0.2, 0.25) is 0 Å². The van der Waals surface area contributed by atoms with E-state index in [1.807, 2.05) is 0 Å². The molecular weight excluding hydrogens is 237 g/mol. The molecule has 1 N–H and O–H groups in total. The largest absolute Gasteiger partial charge is 0.337 e. The van der Waals surface area contributed by atoms with Crippen molar-refractivity contribution in [2.24, 2.45) is 0 Å². The number of benzene rings is 1. The number of aromatic nitrogens is 2. The van der Waals surface area contributed by atoms with Crippen molar-refractivity contribution in [3.63, 3.8) is 0 Å². The first-order valence-electron chi connectivity index (χ1n) is 4.27. The number of rotatable bonds is 1. The molecule has 0 bridgehead atoms. The first-order valence-corrected chi connectivity index (χ1v) is 4.68. The van der Waals surface area contributed by atoms with Crippen LogP contribution in [0.25, 0.3) is 11.1 Å². The smallest absolute Gasteiger partial charge is 0.161 e. The second-order valence-corrected chi connectivity index (χ2v) is 3.45. The molecule has 0 atom stereocenters. The van der Waals surface area contributed by atoms with Gasteiger partial charge >= 0.3 is 0 Å². The minimum Gasteiger partial charge on any atom is -0.337 e. The molecule has 2 aromatic rings. The summed E-state index contributed by atoms with van der Waals surface area (Å²) >= 11 is 4.89. The number of nitrogens with zero attached hydrogens (tertiary/aromatic N) is 1. The van der Waals surface area contributed by atoms with Gasteiger partial charge in [-0.2, -0.15) is 0 Å². The highest BCUT2D eigenvalue weighted by atomic mass is 32.1. The highest BCUT2D eigenvalue weighted by molar-refractivity contribution is 7.71. The van der Waals surface area contributed by atoms with E-state index in [1.165, 1.54) is 12.5 Å². The Bertz CT molecular complexity index is 595.